The van der Waals surface area contributed by atoms with Crippen molar-refractivity contribution < 1.29 is 24.5 Å². The second kappa shape index (κ2) is 49.8. The highest BCUT2D eigenvalue weighted by Crippen LogP contribution is 2.18. The van der Waals surface area contributed by atoms with E-state index < -0.39 is 18.2 Å². The number of ether oxygens (including phenoxy) is 1. The molecule has 0 saturated carbocycles. The Labute approximate surface area is 385 Å². The number of carbonyl (C=O) groups is 2. The average molecular weight is 870 g/mol. The first-order chi connectivity index (χ1) is 30.5. The summed E-state index contributed by atoms with van der Waals surface area (Å²) in [5.41, 5.74) is 0. The highest BCUT2D eigenvalue weighted by Gasteiger charge is 2.24. The summed E-state index contributed by atoms with van der Waals surface area (Å²) in [6, 6.07) is -0.710. The Morgan fingerprint density at radius 1 is 0.468 bits per heavy atom. The molecule has 3 N–H and O–H groups in total. The Bertz CT molecular complexity index is 1070. The summed E-state index contributed by atoms with van der Waals surface area (Å²) in [5.74, 6) is -0.531. The molecule has 0 bridgehead atoms. The van der Waals surface area contributed by atoms with Gasteiger partial charge in [-0.2, -0.15) is 0 Å². The summed E-state index contributed by atoms with van der Waals surface area (Å²) >= 11 is 0. The van der Waals surface area contributed by atoms with E-state index in [2.05, 4.69) is 74.7 Å². The lowest BCUT2D eigenvalue weighted by Crippen LogP contribution is -2.46. The Kier molecular flexibility index (Phi) is 48.1. The van der Waals surface area contributed by atoms with Crippen molar-refractivity contribution in [2.75, 3.05) is 6.61 Å². The fourth-order valence-electron chi connectivity index (χ4n) is 8.07. The maximum absolute atomic E-state index is 13.2. The van der Waals surface area contributed by atoms with Gasteiger partial charge < -0.3 is 20.3 Å². The SMILES string of the molecule is CCCCC/C=C\C/C=C\C/C=C\C/C=C\CCCC(=O)OC(CCCCCCCCCCCCCC)CC(=O)NC(CO)C(O)CCCCCCCCCCCCCCCC. The molecule has 0 spiro atoms. The third kappa shape index (κ3) is 44.4. The van der Waals surface area contributed by atoms with Crippen LogP contribution in [0.5, 0.6) is 0 Å². The zero-order valence-electron chi connectivity index (χ0n) is 41.3. The van der Waals surface area contributed by atoms with E-state index in [9.17, 15) is 19.8 Å². The molecule has 0 fully saturated rings. The van der Waals surface area contributed by atoms with Gasteiger partial charge >= 0.3 is 5.97 Å². The van der Waals surface area contributed by atoms with E-state index in [1.807, 2.05) is 0 Å². The normalized spacial score (nSPS) is 13.6. The first-order valence-electron chi connectivity index (χ1n) is 26.9. The molecule has 1 amide bonds. The molecule has 0 heterocycles. The molecule has 0 saturated heterocycles. The van der Waals surface area contributed by atoms with E-state index in [0.29, 0.717) is 25.7 Å². The lowest BCUT2D eigenvalue weighted by Gasteiger charge is -2.24. The Morgan fingerprint density at radius 2 is 0.823 bits per heavy atom. The van der Waals surface area contributed by atoms with Crippen molar-refractivity contribution in [3.63, 3.8) is 0 Å². The smallest absolute Gasteiger partial charge is 0.306 e. The molecular weight excluding hydrogens is 767 g/mol. The third-order valence-electron chi connectivity index (χ3n) is 12.2. The van der Waals surface area contributed by atoms with Crippen LogP contribution in [0, 0.1) is 0 Å². The number of amides is 1. The Hall–Kier alpha value is -2.18. The van der Waals surface area contributed by atoms with Crippen molar-refractivity contribution in [3.05, 3.63) is 48.6 Å². The standard InChI is InChI=1S/C56H103NO5/c1-4-7-10-13-16-19-22-25-27-28-29-31-34-37-40-43-46-49-56(61)62-52(47-44-41-38-35-32-24-21-18-15-12-9-6-3)50-55(60)57-53(51-58)54(59)48-45-42-39-36-33-30-26-23-20-17-14-11-8-5-2/h16,19,25,27,29,31,37,40,52-54,58-59H,4-15,17-18,20-24,26,28,30,32-36,38-39,41-51H2,1-3H3,(H,57,60)/b19-16-,27-25-,31-29-,40-37-. The zero-order valence-corrected chi connectivity index (χ0v) is 41.3. The van der Waals surface area contributed by atoms with Gasteiger partial charge in [-0.05, 0) is 64.2 Å². The van der Waals surface area contributed by atoms with Crippen molar-refractivity contribution in [2.45, 2.75) is 289 Å². The average Bonchev–Trinajstić information content (AvgIpc) is 3.26. The van der Waals surface area contributed by atoms with Gasteiger partial charge in [-0.3, -0.25) is 9.59 Å². The molecule has 0 aromatic carbocycles. The molecule has 0 aliphatic carbocycles. The number of rotatable bonds is 48. The number of hydrogen-bond donors (Lipinski definition) is 3. The molecule has 0 radical (unpaired) electrons. The number of allylic oxidation sites excluding steroid dienone is 8. The summed E-state index contributed by atoms with van der Waals surface area (Å²) in [6.07, 6.45) is 60.3. The summed E-state index contributed by atoms with van der Waals surface area (Å²) in [4.78, 5) is 26.1. The number of aliphatic hydroxyl groups is 2. The number of hydrogen-bond acceptors (Lipinski definition) is 5. The van der Waals surface area contributed by atoms with Gasteiger partial charge in [-0.25, -0.2) is 0 Å². The number of unbranched alkanes of at least 4 members (excludes halogenated alkanes) is 28. The second-order valence-corrected chi connectivity index (χ2v) is 18.3. The van der Waals surface area contributed by atoms with Crippen LogP contribution in [-0.4, -0.2) is 46.9 Å². The van der Waals surface area contributed by atoms with Crippen molar-refractivity contribution in [2.24, 2.45) is 0 Å². The zero-order chi connectivity index (χ0) is 45.2. The van der Waals surface area contributed by atoms with E-state index in [1.165, 1.54) is 154 Å². The molecule has 0 aliphatic heterocycles. The molecule has 62 heavy (non-hydrogen) atoms. The van der Waals surface area contributed by atoms with Crippen LogP contribution >= 0.6 is 0 Å². The predicted octanol–water partition coefficient (Wildman–Crippen LogP) is 16.2. The largest absolute Gasteiger partial charge is 0.462 e. The van der Waals surface area contributed by atoms with Gasteiger partial charge in [0.05, 0.1) is 25.2 Å². The Balaban J connectivity index is 4.61. The van der Waals surface area contributed by atoms with Crippen molar-refractivity contribution in [3.8, 4) is 0 Å². The Morgan fingerprint density at radius 3 is 1.24 bits per heavy atom. The first-order valence-corrected chi connectivity index (χ1v) is 26.9. The summed E-state index contributed by atoms with van der Waals surface area (Å²) < 4.78 is 5.91. The molecule has 0 aromatic rings. The van der Waals surface area contributed by atoms with Crippen LogP contribution in [0.4, 0.5) is 0 Å². The fourth-order valence-corrected chi connectivity index (χ4v) is 8.07. The minimum atomic E-state index is -0.795. The van der Waals surface area contributed by atoms with Gasteiger partial charge in [0.1, 0.15) is 6.10 Å². The van der Waals surface area contributed by atoms with Crippen molar-refractivity contribution >= 4 is 11.9 Å². The van der Waals surface area contributed by atoms with Crippen LogP contribution in [0.1, 0.15) is 271 Å². The van der Waals surface area contributed by atoms with Crippen LogP contribution < -0.4 is 5.32 Å². The van der Waals surface area contributed by atoms with Gasteiger partial charge in [-0.15, -0.1) is 0 Å². The summed E-state index contributed by atoms with van der Waals surface area (Å²) in [5, 5.41) is 23.8. The number of aliphatic hydroxyl groups excluding tert-OH is 2. The van der Waals surface area contributed by atoms with Gasteiger partial charge in [-0.1, -0.05) is 243 Å². The summed E-state index contributed by atoms with van der Waals surface area (Å²) in [7, 11) is 0. The van der Waals surface area contributed by atoms with Crippen molar-refractivity contribution in [1.29, 1.82) is 0 Å². The lowest BCUT2D eigenvalue weighted by molar-refractivity contribution is -0.151. The molecule has 0 aliphatic rings. The van der Waals surface area contributed by atoms with E-state index in [1.54, 1.807) is 0 Å². The molecule has 6 nitrogen and oxygen atoms in total. The lowest BCUT2D eigenvalue weighted by atomic mass is 10.0. The van der Waals surface area contributed by atoms with Crippen LogP contribution in [0.3, 0.4) is 0 Å². The van der Waals surface area contributed by atoms with Gasteiger partial charge in [0, 0.05) is 6.42 Å². The molecule has 0 aromatic heterocycles. The third-order valence-corrected chi connectivity index (χ3v) is 12.2. The van der Waals surface area contributed by atoms with Crippen molar-refractivity contribution in [1.82, 2.24) is 5.32 Å². The van der Waals surface area contributed by atoms with Crippen LogP contribution in [0.2, 0.25) is 0 Å². The maximum Gasteiger partial charge on any atom is 0.306 e. The number of nitrogens with one attached hydrogen (secondary N) is 1. The molecular formula is C56H103NO5. The quantitative estimate of drug-likeness (QED) is 0.0322. The van der Waals surface area contributed by atoms with E-state index in [4.69, 9.17) is 4.74 Å². The van der Waals surface area contributed by atoms with Crippen LogP contribution in [0.15, 0.2) is 48.6 Å². The number of esters is 1. The van der Waals surface area contributed by atoms with Gasteiger partial charge in [0.15, 0.2) is 0 Å². The molecule has 3 unspecified atom stereocenters. The second-order valence-electron chi connectivity index (χ2n) is 18.3. The maximum atomic E-state index is 13.2. The minimum absolute atomic E-state index is 0.0586. The van der Waals surface area contributed by atoms with E-state index in [-0.39, 0.29) is 24.9 Å². The van der Waals surface area contributed by atoms with Crippen LogP contribution in [0.25, 0.3) is 0 Å². The highest BCUT2D eigenvalue weighted by molar-refractivity contribution is 5.77. The molecule has 6 heteroatoms. The highest BCUT2D eigenvalue weighted by atomic mass is 16.5. The minimum Gasteiger partial charge on any atom is -0.462 e. The van der Waals surface area contributed by atoms with Gasteiger partial charge in [0.2, 0.25) is 5.91 Å². The molecule has 3 atom stereocenters. The topological polar surface area (TPSA) is 95.9 Å². The predicted molar refractivity (Wildman–Crippen MR) is 269 cm³/mol. The number of carbonyl (C=O) groups excluding carboxylic acids is 2. The fraction of sp³-hybridized carbons (Fsp3) is 0.821. The summed E-state index contributed by atoms with van der Waals surface area (Å²) in [6.45, 7) is 6.46. The van der Waals surface area contributed by atoms with E-state index in [0.717, 1.165) is 64.2 Å². The molecule has 362 valence electrons. The molecule has 0 rings (SSSR count). The first kappa shape index (κ1) is 59.8. The van der Waals surface area contributed by atoms with E-state index >= 15 is 0 Å². The van der Waals surface area contributed by atoms with Crippen LogP contribution in [-0.2, 0) is 14.3 Å². The monoisotopic (exact) mass is 870 g/mol. The van der Waals surface area contributed by atoms with Gasteiger partial charge in [0.25, 0.3) is 0 Å².